The molecule has 0 spiro atoms. The smallest absolute Gasteiger partial charge is 0.231 e. The molecule has 0 amide bonds. The highest BCUT2D eigenvalue weighted by atomic mass is 16.5. The molecule has 2 aliphatic rings. The monoisotopic (exact) mass is 292 g/mol. The fourth-order valence-electron chi connectivity index (χ4n) is 2.87. The van der Waals surface area contributed by atoms with E-state index < -0.39 is 0 Å². The number of nitrogens with one attached hydrogen (secondary N) is 1. The van der Waals surface area contributed by atoms with Crippen LogP contribution in [-0.2, 0) is 4.74 Å². The van der Waals surface area contributed by atoms with Gasteiger partial charge in [-0.2, -0.15) is 15.0 Å². The van der Waals surface area contributed by atoms with E-state index in [-0.39, 0.29) is 12.1 Å². The highest BCUT2D eigenvalue weighted by Crippen LogP contribution is 2.18. The van der Waals surface area contributed by atoms with E-state index in [0.29, 0.717) is 11.9 Å². The Bertz CT molecular complexity index is 457. The normalized spacial score (nSPS) is 23.0. The fraction of sp³-hybridized carbons (Fsp3) is 0.786. The third-order valence-corrected chi connectivity index (χ3v) is 4.04. The molecular weight excluding hydrogens is 268 g/mol. The number of rotatable bonds is 4. The van der Waals surface area contributed by atoms with Gasteiger partial charge in [0.1, 0.15) is 0 Å². The van der Waals surface area contributed by atoms with Crippen molar-refractivity contribution in [3.63, 3.8) is 0 Å². The van der Waals surface area contributed by atoms with Gasteiger partial charge in [-0.3, -0.25) is 0 Å². The standard InChI is InChI=1S/C14H24N6O/c15-12-17-13(16-10-11-6-2-5-9-21-11)19-14(18-12)20-7-3-1-4-8-20/h11H,1-10H2,(H3,15,16,17,18,19). The second kappa shape index (κ2) is 6.89. The van der Waals surface area contributed by atoms with E-state index in [1.54, 1.807) is 0 Å². The third kappa shape index (κ3) is 3.93. The second-order valence-corrected chi connectivity index (χ2v) is 5.73. The van der Waals surface area contributed by atoms with E-state index in [4.69, 9.17) is 10.5 Å². The topological polar surface area (TPSA) is 89.2 Å². The van der Waals surface area contributed by atoms with Crippen LogP contribution in [0.3, 0.4) is 0 Å². The summed E-state index contributed by atoms with van der Waals surface area (Å²) in [6.07, 6.45) is 7.37. The van der Waals surface area contributed by atoms with Crippen LogP contribution >= 0.6 is 0 Å². The molecule has 3 N–H and O–H groups in total. The van der Waals surface area contributed by atoms with Crippen LogP contribution in [-0.4, -0.2) is 47.3 Å². The van der Waals surface area contributed by atoms with Crippen molar-refractivity contribution >= 4 is 17.8 Å². The van der Waals surface area contributed by atoms with Crippen molar-refractivity contribution in [1.82, 2.24) is 15.0 Å². The van der Waals surface area contributed by atoms with E-state index >= 15 is 0 Å². The van der Waals surface area contributed by atoms with Crippen LogP contribution in [0.1, 0.15) is 38.5 Å². The lowest BCUT2D eigenvalue weighted by Gasteiger charge is -2.27. The molecule has 1 aromatic rings. The molecule has 0 aromatic carbocycles. The molecule has 0 aliphatic carbocycles. The molecule has 7 heteroatoms. The van der Waals surface area contributed by atoms with Gasteiger partial charge in [0, 0.05) is 26.2 Å². The number of hydrogen-bond donors (Lipinski definition) is 2. The molecule has 2 saturated heterocycles. The van der Waals surface area contributed by atoms with Gasteiger partial charge in [-0.25, -0.2) is 0 Å². The summed E-state index contributed by atoms with van der Waals surface area (Å²) in [6, 6.07) is 0. The molecule has 0 bridgehead atoms. The summed E-state index contributed by atoms with van der Waals surface area (Å²) in [5, 5.41) is 3.24. The molecule has 1 unspecified atom stereocenters. The van der Waals surface area contributed by atoms with Gasteiger partial charge in [-0.05, 0) is 38.5 Å². The average Bonchev–Trinajstić information content (AvgIpc) is 2.54. The summed E-state index contributed by atoms with van der Waals surface area (Å²) in [6.45, 7) is 3.57. The van der Waals surface area contributed by atoms with Crippen LogP contribution in [0.5, 0.6) is 0 Å². The first-order valence-electron chi connectivity index (χ1n) is 7.93. The molecule has 0 saturated carbocycles. The molecule has 2 aliphatic heterocycles. The van der Waals surface area contributed by atoms with Gasteiger partial charge >= 0.3 is 0 Å². The summed E-state index contributed by atoms with van der Waals surface area (Å²) >= 11 is 0. The van der Waals surface area contributed by atoms with Crippen molar-refractivity contribution < 1.29 is 4.74 Å². The highest BCUT2D eigenvalue weighted by molar-refractivity contribution is 5.42. The van der Waals surface area contributed by atoms with Gasteiger partial charge in [0.15, 0.2) is 0 Å². The molecule has 3 rings (SSSR count). The van der Waals surface area contributed by atoms with Crippen molar-refractivity contribution in [3.05, 3.63) is 0 Å². The quantitative estimate of drug-likeness (QED) is 0.867. The van der Waals surface area contributed by atoms with Gasteiger partial charge in [0.2, 0.25) is 17.8 Å². The zero-order valence-electron chi connectivity index (χ0n) is 12.4. The Kier molecular flexibility index (Phi) is 4.69. The first-order chi connectivity index (χ1) is 10.3. The van der Waals surface area contributed by atoms with E-state index in [0.717, 1.165) is 39.1 Å². The molecule has 116 valence electrons. The first-order valence-corrected chi connectivity index (χ1v) is 7.93. The third-order valence-electron chi connectivity index (χ3n) is 4.04. The molecule has 3 heterocycles. The first kappa shape index (κ1) is 14.3. The number of anilines is 3. The van der Waals surface area contributed by atoms with Crippen molar-refractivity contribution in [3.8, 4) is 0 Å². The largest absolute Gasteiger partial charge is 0.376 e. The van der Waals surface area contributed by atoms with Crippen LogP contribution in [0.25, 0.3) is 0 Å². The van der Waals surface area contributed by atoms with Crippen molar-refractivity contribution in [2.24, 2.45) is 0 Å². The lowest BCUT2D eigenvalue weighted by atomic mass is 10.1. The Labute approximate surface area is 125 Å². The molecule has 21 heavy (non-hydrogen) atoms. The van der Waals surface area contributed by atoms with Gasteiger partial charge in [0.25, 0.3) is 0 Å². The molecule has 7 nitrogen and oxygen atoms in total. The minimum Gasteiger partial charge on any atom is -0.376 e. The number of hydrogen-bond acceptors (Lipinski definition) is 7. The van der Waals surface area contributed by atoms with Crippen LogP contribution in [0.15, 0.2) is 0 Å². The predicted molar refractivity (Wildman–Crippen MR) is 82.4 cm³/mol. The lowest BCUT2D eigenvalue weighted by molar-refractivity contribution is 0.0246. The number of piperidine rings is 1. The maximum absolute atomic E-state index is 5.81. The van der Waals surface area contributed by atoms with E-state index in [1.807, 2.05) is 0 Å². The summed E-state index contributed by atoms with van der Waals surface area (Å²) < 4.78 is 5.70. The SMILES string of the molecule is Nc1nc(NCC2CCCCO2)nc(N2CCCCC2)n1. The fourth-order valence-corrected chi connectivity index (χ4v) is 2.87. The zero-order chi connectivity index (χ0) is 14.5. The molecule has 0 radical (unpaired) electrons. The van der Waals surface area contributed by atoms with Crippen LogP contribution in [0.2, 0.25) is 0 Å². The Hall–Kier alpha value is -1.63. The van der Waals surface area contributed by atoms with Crippen LogP contribution < -0.4 is 16.0 Å². The van der Waals surface area contributed by atoms with Crippen molar-refractivity contribution in [1.29, 1.82) is 0 Å². The van der Waals surface area contributed by atoms with E-state index in [9.17, 15) is 0 Å². The molecule has 1 aromatic heterocycles. The summed E-state index contributed by atoms with van der Waals surface area (Å²) in [7, 11) is 0. The minimum atomic E-state index is 0.246. The summed E-state index contributed by atoms with van der Waals surface area (Å²) in [5.74, 6) is 1.52. The maximum atomic E-state index is 5.81. The average molecular weight is 292 g/mol. The summed E-state index contributed by atoms with van der Waals surface area (Å²) in [4.78, 5) is 15.1. The Balaban J connectivity index is 1.62. The zero-order valence-corrected chi connectivity index (χ0v) is 12.4. The Morgan fingerprint density at radius 1 is 1.10 bits per heavy atom. The minimum absolute atomic E-state index is 0.246. The highest BCUT2D eigenvalue weighted by Gasteiger charge is 2.17. The van der Waals surface area contributed by atoms with Crippen LogP contribution in [0.4, 0.5) is 17.8 Å². The Morgan fingerprint density at radius 2 is 1.95 bits per heavy atom. The molecule has 2 fully saturated rings. The van der Waals surface area contributed by atoms with E-state index in [2.05, 4.69) is 25.2 Å². The number of nitrogens with two attached hydrogens (primary N) is 1. The molecule has 1 atom stereocenters. The van der Waals surface area contributed by atoms with Gasteiger partial charge in [-0.15, -0.1) is 0 Å². The van der Waals surface area contributed by atoms with Crippen molar-refractivity contribution in [2.75, 3.05) is 42.2 Å². The Morgan fingerprint density at radius 3 is 2.71 bits per heavy atom. The number of nitrogen functional groups attached to an aromatic ring is 1. The van der Waals surface area contributed by atoms with Gasteiger partial charge in [0.05, 0.1) is 6.10 Å². The number of aromatic nitrogens is 3. The number of ether oxygens (including phenoxy) is 1. The van der Waals surface area contributed by atoms with Crippen LogP contribution in [0, 0.1) is 0 Å². The molecular formula is C14H24N6O. The number of nitrogens with zero attached hydrogens (tertiary/aromatic N) is 4. The second-order valence-electron chi connectivity index (χ2n) is 5.73. The lowest BCUT2D eigenvalue weighted by Crippen LogP contribution is -2.32. The van der Waals surface area contributed by atoms with Gasteiger partial charge < -0.3 is 20.7 Å². The van der Waals surface area contributed by atoms with E-state index in [1.165, 1.54) is 25.7 Å². The van der Waals surface area contributed by atoms with Crippen molar-refractivity contribution in [2.45, 2.75) is 44.6 Å². The predicted octanol–water partition coefficient (Wildman–Crippen LogP) is 1.43. The maximum Gasteiger partial charge on any atom is 0.231 e. The van der Waals surface area contributed by atoms with Gasteiger partial charge in [-0.1, -0.05) is 0 Å². The summed E-state index contributed by atoms with van der Waals surface area (Å²) in [5.41, 5.74) is 5.81.